The van der Waals surface area contributed by atoms with Crippen molar-refractivity contribution in [3.63, 3.8) is 0 Å². The highest BCUT2D eigenvalue weighted by molar-refractivity contribution is 5.63. The van der Waals surface area contributed by atoms with Crippen LogP contribution in [-0.4, -0.2) is 4.98 Å². The molecule has 0 saturated carbocycles. The number of nitrogens with zero attached hydrogens (tertiary/aromatic N) is 1. The van der Waals surface area contributed by atoms with Crippen molar-refractivity contribution in [2.45, 2.75) is 73.3 Å². The average molecular weight is 481 g/mol. The van der Waals surface area contributed by atoms with E-state index in [0.717, 1.165) is 29.8 Å². The highest BCUT2D eigenvalue weighted by Gasteiger charge is 2.20. The molecule has 0 aliphatic heterocycles. The van der Waals surface area contributed by atoms with Crippen molar-refractivity contribution in [2.75, 3.05) is 5.32 Å². The van der Waals surface area contributed by atoms with Gasteiger partial charge >= 0.3 is 0 Å². The number of aryl methyl sites for hydroxylation is 1. The van der Waals surface area contributed by atoms with Gasteiger partial charge in [0.05, 0.1) is 17.4 Å². The summed E-state index contributed by atoms with van der Waals surface area (Å²) in [7, 11) is 0. The van der Waals surface area contributed by atoms with Gasteiger partial charge in [0, 0.05) is 11.3 Å². The quantitative estimate of drug-likeness (QED) is 0.271. The molecule has 0 amide bonds. The van der Waals surface area contributed by atoms with Gasteiger partial charge < -0.3 is 5.32 Å². The van der Waals surface area contributed by atoms with Gasteiger partial charge in [-0.2, -0.15) is 0 Å². The molecule has 0 bridgehead atoms. The number of pyridine rings is 1. The molecule has 3 aromatic carbocycles. The Morgan fingerprint density at radius 1 is 0.694 bits per heavy atom. The molecule has 1 heterocycles. The lowest BCUT2D eigenvalue weighted by molar-refractivity contribution is 0.831. The van der Waals surface area contributed by atoms with Gasteiger partial charge in [-0.3, -0.25) is 4.98 Å². The Morgan fingerprint density at radius 3 is 1.92 bits per heavy atom. The highest BCUT2D eigenvalue weighted by atomic mass is 15.0. The Morgan fingerprint density at radius 2 is 1.31 bits per heavy atom. The summed E-state index contributed by atoms with van der Waals surface area (Å²) in [4.78, 5) is 5.10. The number of benzene rings is 3. The summed E-state index contributed by atoms with van der Waals surface area (Å²) in [5.41, 5.74) is 8.36. The van der Waals surface area contributed by atoms with E-state index in [0.29, 0.717) is 5.92 Å². The van der Waals surface area contributed by atoms with Gasteiger partial charge in [-0.05, 0) is 41.2 Å². The number of aromatic nitrogens is 1. The Labute approximate surface area is 219 Å². The first-order valence-corrected chi connectivity index (χ1v) is 13.6. The number of para-hydroxylation sites is 1. The third kappa shape index (κ3) is 7.55. The minimum Gasteiger partial charge on any atom is -0.372 e. The van der Waals surface area contributed by atoms with Gasteiger partial charge in [0.1, 0.15) is 0 Å². The second-order valence-electron chi connectivity index (χ2n) is 8.59. The van der Waals surface area contributed by atoms with Crippen LogP contribution in [0.25, 0.3) is 11.3 Å². The van der Waals surface area contributed by atoms with Crippen molar-refractivity contribution in [3.05, 3.63) is 119 Å². The molecule has 1 unspecified atom stereocenters. The molecule has 36 heavy (non-hydrogen) atoms. The zero-order valence-electron chi connectivity index (χ0n) is 23.3. The van der Waals surface area contributed by atoms with Crippen LogP contribution in [0.3, 0.4) is 0 Å². The molecule has 4 rings (SSSR count). The van der Waals surface area contributed by atoms with Crippen molar-refractivity contribution < 1.29 is 0 Å². The van der Waals surface area contributed by atoms with Crippen LogP contribution < -0.4 is 5.32 Å². The monoisotopic (exact) mass is 480 g/mol. The van der Waals surface area contributed by atoms with Crippen molar-refractivity contribution in [1.29, 1.82) is 0 Å². The molecule has 2 heteroatoms. The SMILES string of the molecule is CC.CC.CCCc1cccc(C(C)C)c1NC(c1ccccc1)c1cccc(-c2ccccc2)n1. The predicted molar refractivity (Wildman–Crippen MR) is 159 cm³/mol. The molecule has 190 valence electrons. The van der Waals surface area contributed by atoms with Gasteiger partial charge in [-0.1, -0.05) is 140 Å². The van der Waals surface area contributed by atoms with E-state index in [1.54, 1.807) is 0 Å². The maximum Gasteiger partial charge on any atom is 0.0940 e. The maximum absolute atomic E-state index is 5.10. The van der Waals surface area contributed by atoms with Crippen LogP contribution in [-0.2, 0) is 6.42 Å². The predicted octanol–water partition coefficient (Wildman–Crippen LogP) is 10.1. The fourth-order valence-electron chi connectivity index (χ4n) is 4.25. The van der Waals surface area contributed by atoms with Gasteiger partial charge in [0.2, 0.25) is 0 Å². The Kier molecular flexibility index (Phi) is 12.5. The molecule has 0 aliphatic rings. The van der Waals surface area contributed by atoms with Crippen molar-refractivity contribution >= 4 is 5.69 Å². The van der Waals surface area contributed by atoms with E-state index in [4.69, 9.17) is 4.98 Å². The minimum absolute atomic E-state index is 0.0321. The standard InChI is InChI=1S/C30H32N2.2C2H6/c1-4-13-24-18-11-19-26(22(2)3)29(24)32-30(25-16-9-6-10-17-25)28-21-12-20-27(31-28)23-14-7-5-8-15-23;2*1-2/h5-12,14-22,30,32H,4,13H2,1-3H3;2*1-2H3. The lowest BCUT2D eigenvalue weighted by Crippen LogP contribution is -2.17. The van der Waals surface area contributed by atoms with E-state index in [1.807, 2.05) is 33.8 Å². The van der Waals surface area contributed by atoms with E-state index >= 15 is 0 Å². The van der Waals surface area contributed by atoms with Gasteiger partial charge in [-0.25, -0.2) is 0 Å². The summed E-state index contributed by atoms with van der Waals surface area (Å²) >= 11 is 0. The van der Waals surface area contributed by atoms with Crippen LogP contribution in [0.15, 0.2) is 97.1 Å². The molecule has 0 fully saturated rings. The topological polar surface area (TPSA) is 24.9 Å². The highest BCUT2D eigenvalue weighted by Crippen LogP contribution is 2.34. The average Bonchev–Trinajstić information content (AvgIpc) is 2.95. The maximum atomic E-state index is 5.10. The molecule has 2 nitrogen and oxygen atoms in total. The van der Waals surface area contributed by atoms with E-state index < -0.39 is 0 Å². The first kappa shape index (κ1) is 28.8. The summed E-state index contributed by atoms with van der Waals surface area (Å²) in [5, 5.41) is 3.93. The minimum atomic E-state index is -0.0321. The summed E-state index contributed by atoms with van der Waals surface area (Å²) in [6.45, 7) is 14.8. The van der Waals surface area contributed by atoms with Crippen LogP contribution in [0.5, 0.6) is 0 Å². The number of hydrogen-bond acceptors (Lipinski definition) is 2. The number of hydrogen-bond donors (Lipinski definition) is 1. The summed E-state index contributed by atoms with van der Waals surface area (Å²) in [5.74, 6) is 0.439. The summed E-state index contributed by atoms with van der Waals surface area (Å²) < 4.78 is 0. The lowest BCUT2D eigenvalue weighted by Gasteiger charge is -2.26. The first-order valence-electron chi connectivity index (χ1n) is 13.6. The number of rotatable bonds is 8. The molecule has 1 atom stereocenters. The number of anilines is 1. The fourth-order valence-corrected chi connectivity index (χ4v) is 4.25. The Hall–Kier alpha value is -3.39. The van der Waals surface area contributed by atoms with E-state index in [-0.39, 0.29) is 6.04 Å². The fraction of sp³-hybridized carbons (Fsp3) is 0.324. The van der Waals surface area contributed by atoms with Gasteiger partial charge in [0.15, 0.2) is 0 Å². The first-order chi connectivity index (χ1) is 17.7. The van der Waals surface area contributed by atoms with Crippen LogP contribution in [0.1, 0.15) is 89.2 Å². The van der Waals surface area contributed by atoms with Crippen LogP contribution in [0.4, 0.5) is 5.69 Å². The summed E-state index contributed by atoms with van der Waals surface area (Å²) in [6, 6.07) is 34.1. The van der Waals surface area contributed by atoms with Crippen molar-refractivity contribution in [1.82, 2.24) is 4.98 Å². The molecule has 1 N–H and O–H groups in total. The molecule has 0 aliphatic carbocycles. The largest absolute Gasteiger partial charge is 0.372 e. The van der Waals surface area contributed by atoms with Crippen LogP contribution in [0.2, 0.25) is 0 Å². The van der Waals surface area contributed by atoms with Gasteiger partial charge in [-0.15, -0.1) is 0 Å². The molecule has 4 aromatic rings. The zero-order chi connectivity index (χ0) is 26.3. The van der Waals surface area contributed by atoms with Gasteiger partial charge in [0.25, 0.3) is 0 Å². The van der Waals surface area contributed by atoms with Crippen LogP contribution >= 0.6 is 0 Å². The summed E-state index contributed by atoms with van der Waals surface area (Å²) in [6.07, 6.45) is 2.18. The second-order valence-corrected chi connectivity index (χ2v) is 8.59. The van der Waals surface area contributed by atoms with Crippen LogP contribution in [0, 0.1) is 0 Å². The lowest BCUT2D eigenvalue weighted by atomic mass is 9.94. The van der Waals surface area contributed by atoms with Crippen molar-refractivity contribution in [2.24, 2.45) is 0 Å². The normalized spacial score (nSPS) is 11.0. The molecular weight excluding hydrogens is 436 g/mol. The number of nitrogens with one attached hydrogen (secondary N) is 1. The smallest absolute Gasteiger partial charge is 0.0940 e. The molecule has 0 spiro atoms. The third-order valence-corrected chi connectivity index (χ3v) is 5.88. The van der Waals surface area contributed by atoms with E-state index in [2.05, 4.69) is 117 Å². The molecule has 0 saturated heterocycles. The van der Waals surface area contributed by atoms with Crippen molar-refractivity contribution in [3.8, 4) is 11.3 Å². The van der Waals surface area contributed by atoms with E-state index in [9.17, 15) is 0 Å². The zero-order valence-corrected chi connectivity index (χ0v) is 23.3. The molecule has 1 aromatic heterocycles. The molecular formula is C34H44N2. The molecule has 0 radical (unpaired) electrons. The Bertz CT molecular complexity index is 1130. The Balaban J connectivity index is 0.00000109. The van der Waals surface area contributed by atoms with E-state index in [1.165, 1.54) is 22.4 Å². The second kappa shape index (κ2) is 15.6. The third-order valence-electron chi connectivity index (χ3n) is 5.88.